The largest absolute Gasteiger partial charge is 0.496 e. The summed E-state index contributed by atoms with van der Waals surface area (Å²) in [5, 5.41) is 0. The highest BCUT2D eigenvalue weighted by molar-refractivity contribution is 9.10. The first-order valence-corrected chi connectivity index (χ1v) is 6.65. The Morgan fingerprint density at radius 2 is 2.11 bits per heavy atom. The van der Waals surface area contributed by atoms with Gasteiger partial charge in [-0.15, -0.1) is 0 Å². The number of methoxy groups -OCH3 is 1. The molecule has 2 rings (SSSR count). The van der Waals surface area contributed by atoms with Gasteiger partial charge in [-0.1, -0.05) is 15.9 Å². The third-order valence-electron chi connectivity index (χ3n) is 2.68. The van der Waals surface area contributed by atoms with E-state index in [1.54, 1.807) is 20.2 Å². The molecule has 19 heavy (non-hydrogen) atoms. The summed E-state index contributed by atoms with van der Waals surface area (Å²) >= 11 is 3.42. The zero-order chi connectivity index (χ0) is 13.8. The van der Waals surface area contributed by atoms with Gasteiger partial charge >= 0.3 is 5.97 Å². The van der Waals surface area contributed by atoms with E-state index in [2.05, 4.69) is 20.9 Å². The van der Waals surface area contributed by atoms with Crippen LogP contribution in [0.15, 0.2) is 34.9 Å². The van der Waals surface area contributed by atoms with Gasteiger partial charge in [-0.2, -0.15) is 0 Å². The van der Waals surface area contributed by atoms with E-state index in [0.29, 0.717) is 18.1 Å². The van der Waals surface area contributed by atoms with Crippen LogP contribution in [0.3, 0.4) is 0 Å². The number of nitrogens with one attached hydrogen (secondary N) is 1. The van der Waals surface area contributed by atoms with Crippen molar-refractivity contribution >= 4 is 21.9 Å². The Kier molecular flexibility index (Phi) is 4.27. The SMILES string of the molecule is CCOC(=O)c1[nH]ccc1-c1cc(Br)ccc1OC. The second-order valence-electron chi connectivity index (χ2n) is 3.83. The molecular weight excluding hydrogens is 310 g/mol. The molecule has 0 radical (unpaired) electrons. The fourth-order valence-electron chi connectivity index (χ4n) is 1.86. The minimum absolute atomic E-state index is 0.340. The highest BCUT2D eigenvalue weighted by Gasteiger charge is 2.18. The summed E-state index contributed by atoms with van der Waals surface area (Å²) in [5.74, 6) is 0.331. The molecule has 2 aromatic rings. The molecule has 0 saturated heterocycles. The van der Waals surface area contributed by atoms with E-state index < -0.39 is 0 Å². The molecule has 0 unspecified atom stereocenters. The monoisotopic (exact) mass is 323 g/mol. The molecule has 5 heteroatoms. The van der Waals surface area contributed by atoms with Gasteiger partial charge in [-0.05, 0) is 31.2 Å². The highest BCUT2D eigenvalue weighted by Crippen LogP contribution is 2.34. The van der Waals surface area contributed by atoms with Crippen molar-refractivity contribution in [3.63, 3.8) is 0 Å². The first kappa shape index (κ1) is 13.7. The fraction of sp³-hybridized carbons (Fsp3) is 0.214. The molecule has 0 bridgehead atoms. The quantitative estimate of drug-likeness (QED) is 0.874. The molecule has 0 saturated carbocycles. The smallest absolute Gasteiger partial charge is 0.355 e. The molecule has 0 fully saturated rings. The van der Waals surface area contributed by atoms with Crippen LogP contribution in [0.25, 0.3) is 11.1 Å². The Morgan fingerprint density at radius 1 is 1.32 bits per heavy atom. The molecule has 0 aliphatic rings. The van der Waals surface area contributed by atoms with E-state index in [1.165, 1.54) is 0 Å². The average Bonchev–Trinajstić information content (AvgIpc) is 2.88. The Morgan fingerprint density at radius 3 is 2.79 bits per heavy atom. The zero-order valence-corrected chi connectivity index (χ0v) is 12.3. The lowest BCUT2D eigenvalue weighted by Crippen LogP contribution is -2.06. The molecule has 1 aromatic heterocycles. The molecule has 1 aromatic carbocycles. The third-order valence-corrected chi connectivity index (χ3v) is 3.17. The predicted octanol–water partition coefficient (Wildman–Crippen LogP) is 3.63. The number of carbonyl (C=O) groups is 1. The normalized spacial score (nSPS) is 10.3. The topological polar surface area (TPSA) is 51.3 Å². The molecule has 1 heterocycles. The van der Waals surface area contributed by atoms with Gasteiger partial charge < -0.3 is 14.5 Å². The predicted molar refractivity (Wildman–Crippen MR) is 76.4 cm³/mol. The molecule has 4 nitrogen and oxygen atoms in total. The van der Waals surface area contributed by atoms with Gasteiger partial charge in [-0.3, -0.25) is 0 Å². The standard InChI is InChI=1S/C14H14BrNO3/c1-3-19-14(17)13-10(6-7-16-13)11-8-9(15)4-5-12(11)18-2/h4-8,16H,3H2,1-2H3. The van der Waals surface area contributed by atoms with Crippen LogP contribution in [0.1, 0.15) is 17.4 Å². The van der Waals surface area contributed by atoms with Crippen LogP contribution in [0.5, 0.6) is 5.75 Å². The van der Waals surface area contributed by atoms with E-state index in [9.17, 15) is 4.79 Å². The fourth-order valence-corrected chi connectivity index (χ4v) is 2.22. The van der Waals surface area contributed by atoms with Gasteiger partial charge in [0.05, 0.1) is 13.7 Å². The summed E-state index contributed by atoms with van der Waals surface area (Å²) < 4.78 is 11.3. The molecular formula is C14H14BrNO3. The van der Waals surface area contributed by atoms with Crippen LogP contribution < -0.4 is 4.74 Å². The Bertz CT molecular complexity index is 592. The second kappa shape index (κ2) is 5.93. The molecule has 1 N–H and O–H groups in total. The number of halogens is 1. The van der Waals surface area contributed by atoms with Crippen molar-refractivity contribution in [2.24, 2.45) is 0 Å². The van der Waals surface area contributed by atoms with Crippen molar-refractivity contribution in [3.05, 3.63) is 40.6 Å². The van der Waals surface area contributed by atoms with E-state index >= 15 is 0 Å². The van der Waals surface area contributed by atoms with Crippen molar-refractivity contribution in [1.29, 1.82) is 0 Å². The van der Waals surface area contributed by atoms with E-state index in [-0.39, 0.29) is 5.97 Å². The van der Waals surface area contributed by atoms with E-state index in [0.717, 1.165) is 15.6 Å². The van der Waals surface area contributed by atoms with Gasteiger partial charge in [0.25, 0.3) is 0 Å². The first-order valence-electron chi connectivity index (χ1n) is 5.85. The molecule has 100 valence electrons. The second-order valence-corrected chi connectivity index (χ2v) is 4.75. The molecule has 0 amide bonds. The lowest BCUT2D eigenvalue weighted by atomic mass is 10.1. The molecule has 0 atom stereocenters. The number of aromatic nitrogens is 1. The lowest BCUT2D eigenvalue weighted by Gasteiger charge is -2.09. The molecule has 0 aliphatic carbocycles. The van der Waals surface area contributed by atoms with Gasteiger partial charge in [-0.25, -0.2) is 4.79 Å². The first-order chi connectivity index (χ1) is 9.17. The number of esters is 1. The number of ether oxygens (including phenoxy) is 2. The van der Waals surface area contributed by atoms with Crippen LogP contribution in [-0.4, -0.2) is 24.7 Å². The van der Waals surface area contributed by atoms with Crippen LogP contribution in [-0.2, 0) is 4.74 Å². The zero-order valence-electron chi connectivity index (χ0n) is 10.7. The maximum Gasteiger partial charge on any atom is 0.355 e. The number of carbonyl (C=O) groups excluding carboxylic acids is 1. The maximum atomic E-state index is 11.9. The number of benzene rings is 1. The summed E-state index contributed by atoms with van der Waals surface area (Å²) in [6, 6.07) is 7.47. The number of hydrogen-bond donors (Lipinski definition) is 1. The van der Waals surface area contributed by atoms with Crippen molar-refractivity contribution in [1.82, 2.24) is 4.98 Å². The van der Waals surface area contributed by atoms with Gasteiger partial charge in [0.2, 0.25) is 0 Å². The summed E-state index contributed by atoms with van der Waals surface area (Å²) in [4.78, 5) is 14.8. The number of H-pyrrole nitrogens is 1. The van der Waals surface area contributed by atoms with E-state index in [4.69, 9.17) is 9.47 Å². The number of rotatable bonds is 4. The van der Waals surface area contributed by atoms with Crippen molar-refractivity contribution in [3.8, 4) is 16.9 Å². The van der Waals surface area contributed by atoms with E-state index in [1.807, 2.05) is 24.3 Å². The summed E-state index contributed by atoms with van der Waals surface area (Å²) in [6.45, 7) is 2.12. The Balaban J connectivity index is 2.51. The van der Waals surface area contributed by atoms with Crippen LogP contribution in [0, 0.1) is 0 Å². The minimum atomic E-state index is -0.371. The van der Waals surface area contributed by atoms with Crippen LogP contribution in [0.2, 0.25) is 0 Å². The highest BCUT2D eigenvalue weighted by atomic mass is 79.9. The molecule has 0 aliphatic heterocycles. The van der Waals surface area contributed by atoms with Crippen LogP contribution >= 0.6 is 15.9 Å². The summed E-state index contributed by atoms with van der Waals surface area (Å²) in [5.41, 5.74) is 2.02. The van der Waals surface area contributed by atoms with Crippen LogP contribution in [0.4, 0.5) is 0 Å². The Labute approximate surface area is 119 Å². The number of hydrogen-bond acceptors (Lipinski definition) is 3. The minimum Gasteiger partial charge on any atom is -0.496 e. The van der Waals surface area contributed by atoms with Crippen molar-refractivity contribution in [2.45, 2.75) is 6.92 Å². The number of aromatic amines is 1. The lowest BCUT2D eigenvalue weighted by molar-refractivity contribution is 0.0521. The summed E-state index contributed by atoms with van der Waals surface area (Å²) in [7, 11) is 1.60. The van der Waals surface area contributed by atoms with Gasteiger partial charge in [0.1, 0.15) is 11.4 Å². The van der Waals surface area contributed by atoms with Crippen molar-refractivity contribution in [2.75, 3.05) is 13.7 Å². The maximum absolute atomic E-state index is 11.9. The van der Waals surface area contributed by atoms with Gasteiger partial charge in [0.15, 0.2) is 0 Å². The third kappa shape index (κ3) is 2.81. The Hall–Kier alpha value is -1.75. The average molecular weight is 324 g/mol. The van der Waals surface area contributed by atoms with Crippen molar-refractivity contribution < 1.29 is 14.3 Å². The van der Waals surface area contributed by atoms with Gasteiger partial charge in [0, 0.05) is 21.8 Å². The summed E-state index contributed by atoms with van der Waals surface area (Å²) in [6.07, 6.45) is 1.71. The molecule has 0 spiro atoms.